The third-order valence-corrected chi connectivity index (χ3v) is 7.84. The molecule has 2 atom stereocenters. The standard InChI is InChI=1S/C26H33N9O2/c1-32(2)25(37)21-11-16-13-29-26(31-24(16)34(21)19-5-3-4-6-19)35(27)22-10-9-20(14-28-22)33-15-18-8-7-17(30-18)12-23(33)36/h9-11,13-14,17-19,30H,3-8,12,15,27H2,1-2H3. The Morgan fingerprint density at radius 3 is 2.59 bits per heavy atom. The number of nitrogens with two attached hydrogens (primary N) is 1. The van der Waals surface area contributed by atoms with Crippen LogP contribution in [-0.2, 0) is 4.79 Å². The van der Waals surface area contributed by atoms with Crippen molar-refractivity contribution in [3.63, 3.8) is 0 Å². The van der Waals surface area contributed by atoms with Gasteiger partial charge in [0.15, 0.2) is 0 Å². The Balaban J connectivity index is 1.30. The molecule has 1 saturated carbocycles. The van der Waals surface area contributed by atoms with E-state index in [1.54, 1.807) is 37.5 Å². The first-order valence-electron chi connectivity index (χ1n) is 13.1. The zero-order chi connectivity index (χ0) is 25.7. The van der Waals surface area contributed by atoms with Crippen LogP contribution in [0.25, 0.3) is 11.0 Å². The molecule has 3 aromatic heterocycles. The zero-order valence-corrected chi connectivity index (χ0v) is 21.3. The summed E-state index contributed by atoms with van der Waals surface area (Å²) >= 11 is 0. The largest absolute Gasteiger partial charge is 0.343 e. The third-order valence-electron chi connectivity index (χ3n) is 7.84. The van der Waals surface area contributed by atoms with Crippen molar-refractivity contribution in [1.29, 1.82) is 0 Å². The zero-order valence-electron chi connectivity index (χ0n) is 21.3. The van der Waals surface area contributed by atoms with Crippen LogP contribution in [0.4, 0.5) is 17.5 Å². The quantitative estimate of drug-likeness (QED) is 0.402. The van der Waals surface area contributed by atoms with Crippen molar-refractivity contribution in [2.75, 3.05) is 30.5 Å². The minimum Gasteiger partial charge on any atom is -0.343 e. The maximum Gasteiger partial charge on any atom is 0.270 e. The fourth-order valence-electron chi connectivity index (χ4n) is 5.92. The molecule has 2 bridgehead atoms. The molecule has 3 fully saturated rings. The van der Waals surface area contributed by atoms with Gasteiger partial charge in [-0.15, -0.1) is 0 Å². The summed E-state index contributed by atoms with van der Waals surface area (Å²) < 4.78 is 2.06. The van der Waals surface area contributed by atoms with Gasteiger partial charge in [-0.25, -0.2) is 20.8 Å². The molecule has 0 aromatic carbocycles. The summed E-state index contributed by atoms with van der Waals surface area (Å²) in [6.45, 7) is 0.647. The van der Waals surface area contributed by atoms with Crippen molar-refractivity contribution < 1.29 is 9.59 Å². The van der Waals surface area contributed by atoms with Crippen LogP contribution in [0.3, 0.4) is 0 Å². The van der Waals surface area contributed by atoms with Gasteiger partial charge in [0.25, 0.3) is 5.91 Å². The highest BCUT2D eigenvalue weighted by molar-refractivity contribution is 5.98. The van der Waals surface area contributed by atoms with Crippen molar-refractivity contribution in [2.24, 2.45) is 5.84 Å². The van der Waals surface area contributed by atoms with Gasteiger partial charge in [-0.1, -0.05) is 12.8 Å². The lowest BCUT2D eigenvalue weighted by molar-refractivity contribution is -0.118. The fraction of sp³-hybridized carbons (Fsp3) is 0.500. The molecule has 2 saturated heterocycles. The maximum atomic E-state index is 13.0. The molecule has 2 unspecified atom stereocenters. The van der Waals surface area contributed by atoms with E-state index in [4.69, 9.17) is 10.8 Å². The SMILES string of the molecule is CN(C)C(=O)c1cc2cnc(N(N)c3ccc(N4CC5CCC(CC4=O)N5)cn3)nc2n1C1CCCC1. The van der Waals surface area contributed by atoms with Crippen molar-refractivity contribution in [3.05, 3.63) is 36.3 Å². The highest BCUT2D eigenvalue weighted by Gasteiger charge is 2.34. The number of nitrogens with zero attached hydrogens (tertiary/aromatic N) is 7. The molecule has 194 valence electrons. The Kier molecular flexibility index (Phi) is 6.04. The first-order valence-corrected chi connectivity index (χ1v) is 13.1. The Morgan fingerprint density at radius 2 is 1.86 bits per heavy atom. The predicted molar refractivity (Wildman–Crippen MR) is 141 cm³/mol. The molecule has 1 aliphatic carbocycles. The van der Waals surface area contributed by atoms with Gasteiger partial charge in [0.1, 0.15) is 17.2 Å². The van der Waals surface area contributed by atoms with Gasteiger partial charge in [0.05, 0.1) is 11.9 Å². The minimum atomic E-state index is -0.0557. The summed E-state index contributed by atoms with van der Waals surface area (Å²) in [5, 5.41) is 5.68. The normalized spacial score (nSPS) is 22.0. The average molecular weight is 504 g/mol. The number of fused-ring (bicyclic) bond motifs is 3. The molecule has 6 rings (SSSR count). The molecule has 5 heterocycles. The molecule has 0 spiro atoms. The Morgan fingerprint density at radius 1 is 1.08 bits per heavy atom. The van der Waals surface area contributed by atoms with Crippen LogP contribution < -0.4 is 21.1 Å². The second kappa shape index (κ2) is 9.38. The van der Waals surface area contributed by atoms with E-state index in [-0.39, 0.29) is 23.9 Å². The molecular weight excluding hydrogens is 470 g/mol. The molecule has 3 N–H and O–H groups in total. The van der Waals surface area contributed by atoms with Gasteiger partial charge in [-0.05, 0) is 43.9 Å². The smallest absolute Gasteiger partial charge is 0.270 e. The molecule has 3 aromatic rings. The molecule has 2 amide bonds. The number of anilines is 3. The van der Waals surface area contributed by atoms with E-state index in [1.807, 2.05) is 17.0 Å². The lowest BCUT2D eigenvalue weighted by Gasteiger charge is -2.25. The number of aromatic nitrogens is 4. The van der Waals surface area contributed by atoms with Crippen LogP contribution in [-0.4, -0.2) is 69.0 Å². The van der Waals surface area contributed by atoms with Crippen molar-refractivity contribution in [2.45, 2.75) is 63.1 Å². The van der Waals surface area contributed by atoms with E-state index < -0.39 is 0 Å². The maximum absolute atomic E-state index is 13.0. The van der Waals surface area contributed by atoms with Crippen molar-refractivity contribution in [3.8, 4) is 0 Å². The molecule has 3 aliphatic rings. The molecule has 37 heavy (non-hydrogen) atoms. The first kappa shape index (κ1) is 23.8. The highest BCUT2D eigenvalue weighted by Crippen LogP contribution is 2.35. The lowest BCUT2D eigenvalue weighted by Crippen LogP contribution is -2.37. The Hall–Kier alpha value is -3.57. The topological polar surface area (TPSA) is 126 Å². The van der Waals surface area contributed by atoms with Gasteiger partial charge in [0, 0.05) is 56.8 Å². The van der Waals surface area contributed by atoms with Crippen LogP contribution in [0.5, 0.6) is 0 Å². The van der Waals surface area contributed by atoms with Crippen LogP contribution >= 0.6 is 0 Å². The van der Waals surface area contributed by atoms with Crippen molar-refractivity contribution in [1.82, 2.24) is 29.7 Å². The van der Waals surface area contributed by atoms with Crippen LogP contribution in [0.2, 0.25) is 0 Å². The summed E-state index contributed by atoms with van der Waals surface area (Å²) in [5.74, 6) is 7.24. The number of carbonyl (C=O) groups excluding carboxylic acids is 2. The second-order valence-electron chi connectivity index (χ2n) is 10.6. The number of hydrazine groups is 1. The summed E-state index contributed by atoms with van der Waals surface area (Å²) in [5.41, 5.74) is 2.08. The van der Waals surface area contributed by atoms with Crippen molar-refractivity contribution >= 4 is 40.3 Å². The van der Waals surface area contributed by atoms with E-state index in [0.29, 0.717) is 42.1 Å². The molecule has 2 aliphatic heterocycles. The predicted octanol–water partition coefficient (Wildman–Crippen LogP) is 2.51. The number of amides is 2. The van der Waals surface area contributed by atoms with Crippen LogP contribution in [0.15, 0.2) is 30.6 Å². The number of carbonyl (C=O) groups is 2. The molecule has 11 nitrogen and oxygen atoms in total. The number of pyridine rings is 1. The number of rotatable bonds is 5. The van der Waals surface area contributed by atoms with Gasteiger partial charge in [0.2, 0.25) is 11.9 Å². The molecule has 11 heteroatoms. The number of nitrogens with one attached hydrogen (secondary N) is 1. The Bertz CT molecular complexity index is 1330. The van der Waals surface area contributed by atoms with E-state index in [0.717, 1.165) is 49.6 Å². The summed E-state index contributed by atoms with van der Waals surface area (Å²) in [4.78, 5) is 42.9. The minimum absolute atomic E-state index is 0.0557. The van der Waals surface area contributed by atoms with E-state index in [1.165, 1.54) is 5.01 Å². The highest BCUT2D eigenvalue weighted by atomic mass is 16.2. The van der Waals surface area contributed by atoms with Crippen LogP contribution in [0.1, 0.15) is 61.5 Å². The fourth-order valence-corrected chi connectivity index (χ4v) is 5.92. The number of hydrogen-bond acceptors (Lipinski definition) is 8. The third kappa shape index (κ3) is 4.31. The molecular formula is C26H33N9O2. The van der Waals surface area contributed by atoms with Gasteiger partial charge in [-0.3, -0.25) is 9.59 Å². The van der Waals surface area contributed by atoms with Gasteiger partial charge >= 0.3 is 0 Å². The Labute approximate surface area is 215 Å². The van der Waals surface area contributed by atoms with E-state index in [2.05, 4.69) is 19.9 Å². The summed E-state index contributed by atoms with van der Waals surface area (Å²) in [6, 6.07) is 6.34. The average Bonchev–Trinajstić information content (AvgIpc) is 3.63. The van der Waals surface area contributed by atoms with Crippen LogP contribution in [0, 0.1) is 0 Å². The summed E-state index contributed by atoms with van der Waals surface area (Å²) in [6.07, 6.45) is 10.3. The van der Waals surface area contributed by atoms with Gasteiger partial charge in [-0.2, -0.15) is 4.98 Å². The van der Waals surface area contributed by atoms with E-state index in [9.17, 15) is 9.59 Å². The van der Waals surface area contributed by atoms with E-state index >= 15 is 0 Å². The molecule has 0 radical (unpaired) electrons. The summed E-state index contributed by atoms with van der Waals surface area (Å²) in [7, 11) is 3.51. The number of hydrogen-bond donors (Lipinski definition) is 2. The second-order valence-corrected chi connectivity index (χ2v) is 10.6. The first-order chi connectivity index (χ1) is 17.9. The lowest BCUT2D eigenvalue weighted by atomic mass is 10.1. The monoisotopic (exact) mass is 503 g/mol. The van der Waals surface area contributed by atoms with Gasteiger partial charge < -0.3 is 19.7 Å².